The zero-order valence-electron chi connectivity index (χ0n) is 16.0. The van der Waals surface area contributed by atoms with Gasteiger partial charge in [-0.2, -0.15) is 5.10 Å². The highest BCUT2D eigenvalue weighted by Crippen LogP contribution is 2.27. The Kier molecular flexibility index (Phi) is 5.16. The van der Waals surface area contributed by atoms with Crippen LogP contribution in [0.5, 0.6) is 5.75 Å². The van der Waals surface area contributed by atoms with Crippen molar-refractivity contribution in [3.8, 4) is 11.4 Å². The third-order valence-electron chi connectivity index (χ3n) is 4.51. The van der Waals surface area contributed by atoms with E-state index >= 15 is 0 Å². The molecule has 2 aromatic carbocycles. The summed E-state index contributed by atoms with van der Waals surface area (Å²) in [5.74, 6) is 1.61. The van der Waals surface area contributed by atoms with Crippen LogP contribution in [-0.2, 0) is 6.54 Å². The summed E-state index contributed by atoms with van der Waals surface area (Å²) in [7, 11) is 1.68. The van der Waals surface area contributed by atoms with Crippen LogP contribution in [0.3, 0.4) is 0 Å². The molecule has 142 valence electrons. The van der Waals surface area contributed by atoms with Gasteiger partial charge in [0.2, 0.25) is 0 Å². The zero-order valence-corrected chi connectivity index (χ0v) is 16.8. The van der Waals surface area contributed by atoms with Crippen molar-refractivity contribution in [2.24, 2.45) is 0 Å². The standard InChI is InChI=1S/C21H21N5OS/c1-14-8-10-16(11-9-14)26-20-17(13-23-26)19(24-21(25-20)28-3)22-12-15-6-4-5-7-18(15)27-2/h4-11,13H,12H2,1-3H3,(H,22,24,25). The Balaban J connectivity index is 1.73. The van der Waals surface area contributed by atoms with Gasteiger partial charge in [0.15, 0.2) is 10.8 Å². The molecule has 0 bridgehead atoms. The van der Waals surface area contributed by atoms with E-state index in [0.29, 0.717) is 11.7 Å². The minimum absolute atomic E-state index is 0.597. The third kappa shape index (κ3) is 3.53. The minimum atomic E-state index is 0.597. The second-order valence-electron chi connectivity index (χ2n) is 6.35. The van der Waals surface area contributed by atoms with Crippen LogP contribution in [-0.4, -0.2) is 33.1 Å². The van der Waals surface area contributed by atoms with Crippen LogP contribution in [0.15, 0.2) is 59.9 Å². The van der Waals surface area contributed by atoms with Gasteiger partial charge in [-0.3, -0.25) is 0 Å². The predicted molar refractivity (Wildman–Crippen MR) is 113 cm³/mol. The summed E-state index contributed by atoms with van der Waals surface area (Å²) in [4.78, 5) is 9.35. The highest BCUT2D eigenvalue weighted by Gasteiger charge is 2.14. The van der Waals surface area contributed by atoms with Crippen LogP contribution in [0.25, 0.3) is 16.7 Å². The second-order valence-corrected chi connectivity index (χ2v) is 7.13. The first-order valence-electron chi connectivity index (χ1n) is 8.92. The first-order valence-corrected chi connectivity index (χ1v) is 10.1. The van der Waals surface area contributed by atoms with Crippen molar-refractivity contribution in [2.75, 3.05) is 18.7 Å². The lowest BCUT2D eigenvalue weighted by Crippen LogP contribution is -2.05. The summed E-state index contributed by atoms with van der Waals surface area (Å²) in [6.45, 7) is 2.67. The molecule has 4 rings (SSSR count). The Morgan fingerprint density at radius 3 is 2.61 bits per heavy atom. The Morgan fingerprint density at radius 2 is 1.86 bits per heavy atom. The van der Waals surface area contributed by atoms with Crippen molar-refractivity contribution in [3.05, 3.63) is 65.9 Å². The lowest BCUT2D eigenvalue weighted by atomic mass is 10.2. The number of aromatic nitrogens is 4. The Labute approximate surface area is 168 Å². The summed E-state index contributed by atoms with van der Waals surface area (Å²) in [5, 5.41) is 9.57. The molecule has 0 fully saturated rings. The van der Waals surface area contributed by atoms with Gasteiger partial charge in [-0.15, -0.1) is 0 Å². The first-order chi connectivity index (χ1) is 13.7. The van der Waals surface area contributed by atoms with Crippen molar-refractivity contribution < 1.29 is 4.74 Å². The maximum Gasteiger partial charge on any atom is 0.191 e. The molecule has 28 heavy (non-hydrogen) atoms. The molecule has 7 heteroatoms. The lowest BCUT2D eigenvalue weighted by molar-refractivity contribution is 0.410. The molecule has 0 aliphatic carbocycles. The van der Waals surface area contributed by atoms with E-state index in [4.69, 9.17) is 4.74 Å². The molecule has 0 saturated heterocycles. The van der Waals surface area contributed by atoms with E-state index < -0.39 is 0 Å². The minimum Gasteiger partial charge on any atom is -0.496 e. The molecule has 4 aromatic rings. The molecule has 1 N–H and O–H groups in total. The predicted octanol–water partition coefficient (Wildman–Crippen LogP) is 4.47. The van der Waals surface area contributed by atoms with Crippen LogP contribution < -0.4 is 10.1 Å². The van der Waals surface area contributed by atoms with Crippen molar-refractivity contribution in [3.63, 3.8) is 0 Å². The van der Waals surface area contributed by atoms with E-state index in [9.17, 15) is 0 Å². The zero-order chi connectivity index (χ0) is 19.5. The molecule has 0 amide bonds. The number of methoxy groups -OCH3 is 1. The van der Waals surface area contributed by atoms with Crippen LogP contribution in [0, 0.1) is 6.92 Å². The summed E-state index contributed by atoms with van der Waals surface area (Å²) >= 11 is 1.51. The van der Waals surface area contributed by atoms with E-state index in [-0.39, 0.29) is 0 Å². The number of fused-ring (bicyclic) bond motifs is 1. The molecule has 0 atom stereocenters. The number of nitrogens with one attached hydrogen (secondary N) is 1. The number of ether oxygens (including phenoxy) is 1. The van der Waals surface area contributed by atoms with Gasteiger partial charge in [0.05, 0.1) is 24.4 Å². The molecule has 0 saturated carbocycles. The van der Waals surface area contributed by atoms with E-state index in [1.165, 1.54) is 17.3 Å². The number of rotatable bonds is 6. The fourth-order valence-electron chi connectivity index (χ4n) is 3.02. The topological polar surface area (TPSA) is 64.9 Å². The summed E-state index contributed by atoms with van der Waals surface area (Å²) in [5.41, 5.74) is 4.03. The fraction of sp³-hybridized carbons (Fsp3) is 0.190. The molecule has 2 heterocycles. The number of nitrogens with zero attached hydrogens (tertiary/aromatic N) is 4. The Bertz CT molecular complexity index is 1110. The third-order valence-corrected chi connectivity index (χ3v) is 5.06. The number of benzene rings is 2. The highest BCUT2D eigenvalue weighted by molar-refractivity contribution is 7.98. The van der Waals surface area contributed by atoms with Crippen molar-refractivity contribution in [2.45, 2.75) is 18.6 Å². The number of para-hydroxylation sites is 1. The monoisotopic (exact) mass is 391 g/mol. The van der Waals surface area contributed by atoms with Crippen molar-refractivity contribution in [1.29, 1.82) is 0 Å². The highest BCUT2D eigenvalue weighted by atomic mass is 32.2. The van der Waals surface area contributed by atoms with Gasteiger partial charge in [-0.25, -0.2) is 14.6 Å². The molecular weight excluding hydrogens is 370 g/mol. The van der Waals surface area contributed by atoms with Crippen molar-refractivity contribution in [1.82, 2.24) is 19.7 Å². The number of thioether (sulfide) groups is 1. The van der Waals surface area contributed by atoms with Gasteiger partial charge in [0.1, 0.15) is 11.6 Å². The normalized spacial score (nSPS) is 11.0. The molecule has 0 spiro atoms. The average molecular weight is 392 g/mol. The maximum absolute atomic E-state index is 5.44. The van der Waals surface area contributed by atoms with E-state index in [2.05, 4.69) is 39.4 Å². The Hall–Kier alpha value is -3.06. The van der Waals surface area contributed by atoms with Gasteiger partial charge in [0, 0.05) is 12.1 Å². The van der Waals surface area contributed by atoms with Gasteiger partial charge in [0.25, 0.3) is 0 Å². The lowest BCUT2D eigenvalue weighted by Gasteiger charge is -2.11. The van der Waals surface area contributed by atoms with Crippen LogP contribution in [0.2, 0.25) is 0 Å². The van der Waals surface area contributed by atoms with E-state index in [1.807, 2.05) is 53.5 Å². The molecule has 6 nitrogen and oxygen atoms in total. The number of anilines is 1. The smallest absolute Gasteiger partial charge is 0.191 e. The van der Waals surface area contributed by atoms with E-state index in [0.717, 1.165) is 33.9 Å². The average Bonchev–Trinajstić information content (AvgIpc) is 3.16. The molecule has 2 aromatic heterocycles. The van der Waals surface area contributed by atoms with Crippen molar-refractivity contribution >= 4 is 28.6 Å². The fourth-order valence-corrected chi connectivity index (χ4v) is 3.38. The van der Waals surface area contributed by atoms with Gasteiger partial charge < -0.3 is 10.1 Å². The van der Waals surface area contributed by atoms with Gasteiger partial charge in [-0.1, -0.05) is 47.7 Å². The number of hydrogen-bond donors (Lipinski definition) is 1. The molecule has 0 aliphatic rings. The summed E-state index contributed by atoms with van der Waals surface area (Å²) in [6, 6.07) is 16.2. The van der Waals surface area contributed by atoms with Crippen LogP contribution >= 0.6 is 11.8 Å². The summed E-state index contributed by atoms with van der Waals surface area (Å²) in [6.07, 6.45) is 3.78. The van der Waals surface area contributed by atoms with Gasteiger partial charge >= 0.3 is 0 Å². The Morgan fingerprint density at radius 1 is 1.07 bits per heavy atom. The number of aryl methyl sites for hydroxylation is 1. The van der Waals surface area contributed by atoms with Crippen LogP contribution in [0.1, 0.15) is 11.1 Å². The first kappa shape index (κ1) is 18.3. The SMILES string of the molecule is COc1ccccc1CNc1nc(SC)nc2c1cnn2-c1ccc(C)cc1. The quantitative estimate of drug-likeness (QED) is 0.387. The van der Waals surface area contributed by atoms with Crippen LogP contribution in [0.4, 0.5) is 5.82 Å². The maximum atomic E-state index is 5.44. The molecule has 0 radical (unpaired) electrons. The van der Waals surface area contributed by atoms with Gasteiger partial charge in [-0.05, 0) is 31.4 Å². The summed E-state index contributed by atoms with van der Waals surface area (Å²) < 4.78 is 7.30. The molecular formula is C21H21N5OS. The second kappa shape index (κ2) is 7.90. The molecule has 0 aliphatic heterocycles. The molecule has 0 unspecified atom stereocenters. The number of hydrogen-bond acceptors (Lipinski definition) is 6. The largest absolute Gasteiger partial charge is 0.496 e. The van der Waals surface area contributed by atoms with E-state index in [1.54, 1.807) is 7.11 Å².